The molecule has 2 rings (SSSR count). The van der Waals surface area contributed by atoms with Crippen molar-refractivity contribution in [3.63, 3.8) is 0 Å². The Balaban J connectivity index is 1.45. The number of nitrogens with zero attached hydrogens (tertiary/aromatic N) is 2. The summed E-state index contributed by atoms with van der Waals surface area (Å²) in [7, 11) is 0. The monoisotopic (exact) mass is 268 g/mol. The Morgan fingerprint density at radius 3 is 2.37 bits per heavy atom. The minimum Gasteiger partial charge on any atom is -0.301 e. The van der Waals surface area contributed by atoms with Crippen molar-refractivity contribution in [3.05, 3.63) is 0 Å². The summed E-state index contributed by atoms with van der Waals surface area (Å²) in [5, 5.41) is 0. The second kappa shape index (κ2) is 7.82. The number of amides is 1. The first-order chi connectivity index (χ1) is 9.28. The maximum Gasteiger partial charge on any atom is 0.233 e. The van der Waals surface area contributed by atoms with Gasteiger partial charge in [0.15, 0.2) is 0 Å². The van der Waals surface area contributed by atoms with Crippen LogP contribution < -0.4 is 11.3 Å². The van der Waals surface area contributed by atoms with Crippen LogP contribution in [0.4, 0.5) is 0 Å². The third-order valence-corrected chi connectivity index (χ3v) is 4.22. The molecule has 110 valence electrons. The molecule has 19 heavy (non-hydrogen) atoms. The Kier molecular flexibility index (Phi) is 6.07. The number of carbonyl (C=O) groups is 1. The van der Waals surface area contributed by atoms with E-state index in [2.05, 4.69) is 15.2 Å². The minimum atomic E-state index is -0.0475. The fourth-order valence-corrected chi connectivity index (χ4v) is 2.73. The maximum absolute atomic E-state index is 11.0. The van der Waals surface area contributed by atoms with Crippen LogP contribution >= 0.6 is 0 Å². The average Bonchev–Trinajstić information content (AvgIpc) is 3.24. The summed E-state index contributed by atoms with van der Waals surface area (Å²) in [6, 6.07) is 0. The van der Waals surface area contributed by atoms with Gasteiger partial charge in [0.05, 0.1) is 0 Å². The predicted molar refractivity (Wildman–Crippen MR) is 76.4 cm³/mol. The summed E-state index contributed by atoms with van der Waals surface area (Å²) >= 11 is 0. The van der Waals surface area contributed by atoms with Crippen molar-refractivity contribution in [1.82, 2.24) is 15.2 Å². The van der Waals surface area contributed by atoms with E-state index < -0.39 is 0 Å². The van der Waals surface area contributed by atoms with Crippen LogP contribution in [0, 0.1) is 5.92 Å². The lowest BCUT2D eigenvalue weighted by molar-refractivity contribution is -0.121. The molecule has 0 aromatic heterocycles. The van der Waals surface area contributed by atoms with Crippen molar-refractivity contribution < 1.29 is 4.79 Å². The molecule has 1 amide bonds. The summed E-state index contributed by atoms with van der Waals surface area (Å²) < 4.78 is 0. The summed E-state index contributed by atoms with van der Waals surface area (Å²) in [6.07, 6.45) is 6.74. The van der Waals surface area contributed by atoms with Gasteiger partial charge >= 0.3 is 0 Å². The highest BCUT2D eigenvalue weighted by molar-refractivity contribution is 5.74. The third kappa shape index (κ3) is 5.89. The van der Waals surface area contributed by atoms with Crippen molar-refractivity contribution in [2.24, 2.45) is 11.8 Å². The molecule has 2 fully saturated rings. The molecule has 0 unspecified atom stereocenters. The topological polar surface area (TPSA) is 61.6 Å². The van der Waals surface area contributed by atoms with Crippen molar-refractivity contribution in [1.29, 1.82) is 0 Å². The number of piperazine rings is 1. The molecule has 1 aliphatic carbocycles. The van der Waals surface area contributed by atoms with E-state index in [1.807, 2.05) is 0 Å². The first-order valence-corrected chi connectivity index (χ1v) is 7.72. The Morgan fingerprint density at radius 2 is 1.74 bits per heavy atom. The normalized spacial score (nSPS) is 21.5. The Morgan fingerprint density at radius 1 is 1.05 bits per heavy atom. The highest BCUT2D eigenvalue weighted by Crippen LogP contribution is 2.29. The van der Waals surface area contributed by atoms with E-state index in [1.165, 1.54) is 58.5 Å². The number of unbranched alkanes of at least 4 members (excludes halogenated alkanes) is 2. The second-order valence-corrected chi connectivity index (χ2v) is 5.96. The van der Waals surface area contributed by atoms with Gasteiger partial charge in [0, 0.05) is 39.1 Å². The zero-order valence-electron chi connectivity index (χ0n) is 11.9. The largest absolute Gasteiger partial charge is 0.301 e. The maximum atomic E-state index is 11.0. The van der Waals surface area contributed by atoms with Crippen LogP contribution in [0.5, 0.6) is 0 Å². The molecule has 1 heterocycles. The SMILES string of the molecule is NNC(=O)CCCCCN1CCN(CC2CC2)CC1. The van der Waals surface area contributed by atoms with Crippen LogP contribution in [0.15, 0.2) is 0 Å². The molecule has 0 aromatic rings. The molecule has 0 spiro atoms. The number of hydrogen-bond acceptors (Lipinski definition) is 4. The van der Waals surface area contributed by atoms with Crippen LogP contribution in [-0.4, -0.2) is 55.0 Å². The van der Waals surface area contributed by atoms with Crippen molar-refractivity contribution in [2.75, 3.05) is 39.3 Å². The molecule has 1 aliphatic heterocycles. The van der Waals surface area contributed by atoms with Crippen LogP contribution in [0.25, 0.3) is 0 Å². The fraction of sp³-hybridized carbons (Fsp3) is 0.929. The first-order valence-electron chi connectivity index (χ1n) is 7.72. The number of nitrogens with two attached hydrogens (primary N) is 1. The zero-order chi connectivity index (χ0) is 13.5. The van der Waals surface area contributed by atoms with Gasteiger partial charge in [-0.3, -0.25) is 10.2 Å². The number of rotatable bonds is 8. The fourth-order valence-electron chi connectivity index (χ4n) is 2.73. The molecule has 2 aliphatic rings. The molecule has 3 N–H and O–H groups in total. The number of nitrogens with one attached hydrogen (secondary N) is 1. The van der Waals surface area contributed by atoms with Gasteiger partial charge in [0.2, 0.25) is 5.91 Å². The second-order valence-electron chi connectivity index (χ2n) is 5.96. The number of hydrogen-bond donors (Lipinski definition) is 2. The molecule has 1 saturated heterocycles. The zero-order valence-corrected chi connectivity index (χ0v) is 11.9. The standard InChI is InChI=1S/C14H28N4O/c15-16-14(19)4-2-1-3-7-17-8-10-18(11-9-17)12-13-5-6-13/h13H,1-12,15H2,(H,16,19). The summed E-state index contributed by atoms with van der Waals surface area (Å²) in [4.78, 5) is 16.1. The van der Waals surface area contributed by atoms with Gasteiger partial charge in [0.1, 0.15) is 0 Å². The minimum absolute atomic E-state index is 0.0475. The molecular weight excluding hydrogens is 240 g/mol. The van der Waals surface area contributed by atoms with Crippen molar-refractivity contribution >= 4 is 5.91 Å². The number of hydrazine groups is 1. The smallest absolute Gasteiger partial charge is 0.233 e. The summed E-state index contributed by atoms with van der Waals surface area (Å²) in [6.45, 7) is 7.44. The summed E-state index contributed by atoms with van der Waals surface area (Å²) in [5.41, 5.74) is 2.18. The predicted octanol–water partition coefficient (Wildman–Crippen LogP) is 0.564. The first kappa shape index (κ1) is 14.8. The molecule has 1 saturated carbocycles. The van der Waals surface area contributed by atoms with Gasteiger partial charge in [-0.2, -0.15) is 0 Å². The van der Waals surface area contributed by atoms with E-state index >= 15 is 0 Å². The van der Waals surface area contributed by atoms with Gasteiger partial charge in [-0.25, -0.2) is 5.84 Å². The van der Waals surface area contributed by atoms with E-state index in [0.29, 0.717) is 6.42 Å². The quantitative estimate of drug-likeness (QED) is 0.292. The third-order valence-electron chi connectivity index (χ3n) is 4.22. The van der Waals surface area contributed by atoms with E-state index in [9.17, 15) is 4.79 Å². The van der Waals surface area contributed by atoms with E-state index in [0.717, 1.165) is 18.8 Å². The van der Waals surface area contributed by atoms with Gasteiger partial charge < -0.3 is 9.80 Å². The van der Waals surface area contributed by atoms with Crippen LogP contribution in [0.2, 0.25) is 0 Å². The highest BCUT2D eigenvalue weighted by Gasteiger charge is 2.26. The highest BCUT2D eigenvalue weighted by atomic mass is 16.2. The molecule has 5 nitrogen and oxygen atoms in total. The molecule has 0 bridgehead atoms. The van der Waals surface area contributed by atoms with Crippen molar-refractivity contribution in [2.45, 2.75) is 38.5 Å². The van der Waals surface area contributed by atoms with Gasteiger partial charge in [0.25, 0.3) is 0 Å². The van der Waals surface area contributed by atoms with E-state index in [4.69, 9.17) is 5.84 Å². The molecule has 0 radical (unpaired) electrons. The molecule has 0 atom stereocenters. The van der Waals surface area contributed by atoms with Gasteiger partial charge in [-0.15, -0.1) is 0 Å². The van der Waals surface area contributed by atoms with E-state index in [1.54, 1.807) is 0 Å². The lowest BCUT2D eigenvalue weighted by Crippen LogP contribution is -2.47. The molecule has 0 aromatic carbocycles. The van der Waals surface area contributed by atoms with Crippen LogP contribution in [0.3, 0.4) is 0 Å². The van der Waals surface area contributed by atoms with Gasteiger partial charge in [-0.05, 0) is 38.1 Å². The Bertz CT molecular complexity index is 273. The van der Waals surface area contributed by atoms with Crippen molar-refractivity contribution in [3.8, 4) is 0 Å². The molecule has 5 heteroatoms. The van der Waals surface area contributed by atoms with Crippen LogP contribution in [-0.2, 0) is 4.79 Å². The Labute approximate surface area is 116 Å². The molecular formula is C14H28N4O. The lowest BCUT2D eigenvalue weighted by atomic mass is 10.1. The summed E-state index contributed by atoms with van der Waals surface area (Å²) in [5.74, 6) is 6.01. The lowest BCUT2D eigenvalue weighted by Gasteiger charge is -2.34. The average molecular weight is 268 g/mol. The van der Waals surface area contributed by atoms with Gasteiger partial charge in [-0.1, -0.05) is 6.42 Å². The Hall–Kier alpha value is -0.650. The van der Waals surface area contributed by atoms with Crippen LogP contribution in [0.1, 0.15) is 38.5 Å². The number of carbonyl (C=O) groups excluding carboxylic acids is 1. The van der Waals surface area contributed by atoms with E-state index in [-0.39, 0.29) is 5.91 Å².